The van der Waals surface area contributed by atoms with Gasteiger partial charge in [0.2, 0.25) is 5.91 Å². The van der Waals surface area contributed by atoms with Crippen molar-refractivity contribution in [1.82, 2.24) is 15.2 Å². The number of hydrogen-bond acceptors (Lipinski definition) is 4. The molecule has 1 heterocycles. The monoisotopic (exact) mass is 339 g/mol. The van der Waals surface area contributed by atoms with E-state index in [4.69, 9.17) is 0 Å². The number of nitrogens with zero attached hydrogens (tertiary/aromatic N) is 2. The van der Waals surface area contributed by atoms with Crippen molar-refractivity contribution < 1.29 is 9.59 Å². The first-order valence-electron chi connectivity index (χ1n) is 8.33. The summed E-state index contributed by atoms with van der Waals surface area (Å²) in [7, 11) is 0. The molecule has 0 aromatic carbocycles. The maximum atomic E-state index is 12.2. The predicted molar refractivity (Wildman–Crippen MR) is 94.4 cm³/mol. The normalized spacial score (nSPS) is 11.1. The fraction of sp³-hybridized carbons (Fsp3) is 0.706. The summed E-state index contributed by atoms with van der Waals surface area (Å²) in [6.07, 6.45) is 1.40. The first kappa shape index (κ1) is 19.6. The number of amides is 2. The third-order valence-corrected chi connectivity index (χ3v) is 4.02. The van der Waals surface area contributed by atoms with Crippen LogP contribution in [0.4, 0.5) is 0 Å². The molecule has 0 unspecified atom stereocenters. The van der Waals surface area contributed by atoms with Crippen LogP contribution in [-0.4, -0.2) is 34.8 Å². The van der Waals surface area contributed by atoms with Gasteiger partial charge in [-0.25, -0.2) is 4.98 Å². The Kier molecular flexibility index (Phi) is 8.23. The van der Waals surface area contributed by atoms with Gasteiger partial charge in [0.1, 0.15) is 10.7 Å². The predicted octanol–water partition coefficient (Wildman–Crippen LogP) is 3.31. The Morgan fingerprint density at radius 3 is 2.52 bits per heavy atom. The van der Waals surface area contributed by atoms with Crippen molar-refractivity contribution in [2.45, 2.75) is 54.0 Å². The van der Waals surface area contributed by atoms with Gasteiger partial charge in [0, 0.05) is 24.9 Å². The quantitative estimate of drug-likeness (QED) is 0.751. The van der Waals surface area contributed by atoms with E-state index in [0.717, 1.165) is 11.4 Å². The van der Waals surface area contributed by atoms with Gasteiger partial charge in [-0.3, -0.25) is 9.59 Å². The zero-order valence-electron chi connectivity index (χ0n) is 14.9. The Bertz CT molecular complexity index is 512. The van der Waals surface area contributed by atoms with E-state index in [0.29, 0.717) is 43.6 Å². The Morgan fingerprint density at radius 2 is 1.96 bits per heavy atom. The van der Waals surface area contributed by atoms with Gasteiger partial charge in [-0.15, -0.1) is 11.3 Å². The SMILES string of the molecule is CCCC(=O)N(Cc1nc(C(=O)NCC(C)C)cs1)CC(C)C. The minimum atomic E-state index is -0.142. The summed E-state index contributed by atoms with van der Waals surface area (Å²) in [5.41, 5.74) is 0.443. The van der Waals surface area contributed by atoms with E-state index in [1.165, 1.54) is 11.3 Å². The van der Waals surface area contributed by atoms with Gasteiger partial charge < -0.3 is 10.2 Å². The van der Waals surface area contributed by atoms with Crippen LogP contribution in [0.2, 0.25) is 0 Å². The molecule has 0 spiro atoms. The molecular weight excluding hydrogens is 310 g/mol. The molecule has 0 bridgehead atoms. The number of hydrogen-bond donors (Lipinski definition) is 1. The Hall–Kier alpha value is -1.43. The Labute approximate surface area is 143 Å². The molecule has 0 atom stereocenters. The molecule has 0 saturated heterocycles. The van der Waals surface area contributed by atoms with Crippen LogP contribution in [-0.2, 0) is 11.3 Å². The third kappa shape index (κ3) is 7.12. The molecule has 1 aromatic heterocycles. The van der Waals surface area contributed by atoms with Gasteiger partial charge in [0.15, 0.2) is 0 Å². The van der Waals surface area contributed by atoms with Crippen molar-refractivity contribution in [1.29, 1.82) is 0 Å². The van der Waals surface area contributed by atoms with Gasteiger partial charge in [-0.2, -0.15) is 0 Å². The van der Waals surface area contributed by atoms with Gasteiger partial charge in [0.05, 0.1) is 6.54 Å². The summed E-state index contributed by atoms with van der Waals surface area (Å²) in [4.78, 5) is 30.5. The lowest BCUT2D eigenvalue weighted by Crippen LogP contribution is -2.33. The highest BCUT2D eigenvalue weighted by atomic mass is 32.1. The van der Waals surface area contributed by atoms with E-state index in [1.54, 1.807) is 5.38 Å². The molecule has 5 nitrogen and oxygen atoms in total. The van der Waals surface area contributed by atoms with Crippen LogP contribution in [0.1, 0.15) is 63.0 Å². The number of aromatic nitrogens is 1. The number of carbonyl (C=O) groups excluding carboxylic acids is 2. The summed E-state index contributed by atoms with van der Waals surface area (Å²) in [6.45, 7) is 12.1. The maximum Gasteiger partial charge on any atom is 0.270 e. The lowest BCUT2D eigenvalue weighted by molar-refractivity contribution is -0.132. The topological polar surface area (TPSA) is 62.3 Å². The zero-order valence-corrected chi connectivity index (χ0v) is 15.7. The van der Waals surface area contributed by atoms with E-state index in [1.807, 2.05) is 11.8 Å². The molecule has 0 aliphatic heterocycles. The van der Waals surface area contributed by atoms with Crippen LogP contribution in [0.3, 0.4) is 0 Å². The average molecular weight is 340 g/mol. The lowest BCUT2D eigenvalue weighted by Gasteiger charge is -2.23. The standard InChI is InChI=1S/C17H29N3O2S/c1-6-7-16(21)20(9-13(4)5)10-15-19-14(11-23-15)17(22)18-8-12(2)3/h11-13H,6-10H2,1-5H3,(H,18,22). The number of carbonyl (C=O) groups is 2. The highest BCUT2D eigenvalue weighted by Crippen LogP contribution is 2.15. The summed E-state index contributed by atoms with van der Waals surface area (Å²) >= 11 is 1.44. The van der Waals surface area contributed by atoms with Crippen molar-refractivity contribution in [3.63, 3.8) is 0 Å². The van der Waals surface area contributed by atoms with Crippen molar-refractivity contribution in [2.24, 2.45) is 11.8 Å². The minimum absolute atomic E-state index is 0.142. The molecule has 1 aromatic rings. The van der Waals surface area contributed by atoms with Gasteiger partial charge in [-0.1, -0.05) is 34.6 Å². The minimum Gasteiger partial charge on any atom is -0.350 e. The van der Waals surface area contributed by atoms with Crippen molar-refractivity contribution >= 4 is 23.2 Å². The van der Waals surface area contributed by atoms with E-state index in [9.17, 15) is 9.59 Å². The van der Waals surface area contributed by atoms with Crippen LogP contribution >= 0.6 is 11.3 Å². The average Bonchev–Trinajstić information content (AvgIpc) is 2.92. The lowest BCUT2D eigenvalue weighted by atomic mass is 10.2. The molecule has 0 aliphatic rings. The van der Waals surface area contributed by atoms with Crippen LogP contribution < -0.4 is 5.32 Å². The zero-order chi connectivity index (χ0) is 17.4. The summed E-state index contributed by atoms with van der Waals surface area (Å²) in [6, 6.07) is 0. The van der Waals surface area contributed by atoms with Crippen LogP contribution in [0.15, 0.2) is 5.38 Å². The maximum absolute atomic E-state index is 12.2. The third-order valence-electron chi connectivity index (χ3n) is 3.18. The summed E-state index contributed by atoms with van der Waals surface area (Å²) in [5, 5.41) is 5.44. The molecule has 23 heavy (non-hydrogen) atoms. The first-order valence-corrected chi connectivity index (χ1v) is 9.21. The Morgan fingerprint density at radius 1 is 1.26 bits per heavy atom. The highest BCUT2D eigenvalue weighted by Gasteiger charge is 2.18. The molecule has 0 aliphatic carbocycles. The van der Waals surface area contributed by atoms with Crippen LogP contribution in [0.5, 0.6) is 0 Å². The van der Waals surface area contributed by atoms with Crippen molar-refractivity contribution in [2.75, 3.05) is 13.1 Å². The van der Waals surface area contributed by atoms with Gasteiger partial charge in [-0.05, 0) is 18.3 Å². The number of nitrogens with one attached hydrogen (secondary N) is 1. The second-order valence-electron chi connectivity index (χ2n) is 6.65. The van der Waals surface area contributed by atoms with Gasteiger partial charge >= 0.3 is 0 Å². The molecule has 1 N–H and O–H groups in total. The fourth-order valence-corrected chi connectivity index (χ4v) is 2.89. The molecular formula is C17H29N3O2S. The molecule has 2 amide bonds. The fourth-order valence-electron chi connectivity index (χ4n) is 2.11. The summed E-state index contributed by atoms with van der Waals surface area (Å²) < 4.78 is 0. The second-order valence-corrected chi connectivity index (χ2v) is 7.59. The molecule has 6 heteroatoms. The molecule has 0 radical (unpaired) electrons. The van der Waals surface area contributed by atoms with E-state index in [2.05, 4.69) is 38.0 Å². The van der Waals surface area contributed by atoms with Gasteiger partial charge in [0.25, 0.3) is 5.91 Å². The van der Waals surface area contributed by atoms with Crippen molar-refractivity contribution in [3.8, 4) is 0 Å². The Balaban J connectivity index is 2.70. The van der Waals surface area contributed by atoms with E-state index >= 15 is 0 Å². The molecule has 1 rings (SSSR count). The molecule has 0 fully saturated rings. The number of thiazole rings is 1. The highest BCUT2D eigenvalue weighted by molar-refractivity contribution is 7.09. The van der Waals surface area contributed by atoms with Crippen LogP contribution in [0, 0.1) is 11.8 Å². The molecule has 130 valence electrons. The second kappa shape index (κ2) is 9.65. The van der Waals surface area contributed by atoms with Crippen molar-refractivity contribution in [3.05, 3.63) is 16.1 Å². The van der Waals surface area contributed by atoms with E-state index in [-0.39, 0.29) is 11.8 Å². The molecule has 0 saturated carbocycles. The van der Waals surface area contributed by atoms with E-state index < -0.39 is 0 Å². The van der Waals surface area contributed by atoms with Crippen LogP contribution in [0.25, 0.3) is 0 Å². The first-order chi connectivity index (χ1) is 10.8. The smallest absolute Gasteiger partial charge is 0.270 e. The summed E-state index contributed by atoms with van der Waals surface area (Å²) in [5.74, 6) is 0.827. The number of rotatable bonds is 9. The largest absolute Gasteiger partial charge is 0.350 e.